The van der Waals surface area contributed by atoms with E-state index in [1.54, 1.807) is 28.0 Å². The van der Waals surface area contributed by atoms with Gasteiger partial charge in [0, 0.05) is 31.2 Å². The van der Waals surface area contributed by atoms with Crippen molar-refractivity contribution in [1.29, 1.82) is 5.26 Å². The van der Waals surface area contributed by atoms with E-state index in [0.29, 0.717) is 25.9 Å². The van der Waals surface area contributed by atoms with E-state index in [-0.39, 0.29) is 29.8 Å². The largest absolute Gasteiger partial charge is 0.444 e. The van der Waals surface area contributed by atoms with E-state index in [1.165, 1.54) is 0 Å². The topological polar surface area (TPSA) is 152 Å². The Labute approximate surface area is 186 Å². The molecule has 170 valence electrons. The molecule has 3 heterocycles. The van der Waals surface area contributed by atoms with Crippen molar-refractivity contribution in [2.75, 3.05) is 18.4 Å². The van der Waals surface area contributed by atoms with Gasteiger partial charge in [-0.2, -0.15) is 10.4 Å². The van der Waals surface area contributed by atoms with Gasteiger partial charge in [0.15, 0.2) is 5.82 Å². The summed E-state index contributed by atoms with van der Waals surface area (Å²) in [4.78, 5) is 34.5. The maximum absolute atomic E-state index is 12.4. The normalized spacial score (nSPS) is 15.7. The number of carbonyl (C=O) groups is 2. The number of nitrogens with one attached hydrogen (secondary N) is 1. The highest BCUT2D eigenvalue weighted by Gasteiger charge is 2.40. The molecular weight excluding hydrogens is 412 g/mol. The second kappa shape index (κ2) is 8.82. The molecule has 11 heteroatoms. The molecule has 3 rings (SSSR count). The Morgan fingerprint density at radius 2 is 2.03 bits per heavy atom. The van der Waals surface area contributed by atoms with Crippen molar-refractivity contribution >= 4 is 23.8 Å². The van der Waals surface area contributed by atoms with Crippen LogP contribution in [0.4, 0.5) is 16.6 Å². The first-order valence-corrected chi connectivity index (χ1v) is 10.3. The number of hydrogen-bond donors (Lipinski definition) is 2. The molecular formula is C21H28N8O3. The van der Waals surface area contributed by atoms with Crippen LogP contribution in [-0.2, 0) is 10.3 Å². The number of hydrogen-bond acceptors (Lipinski definition) is 8. The summed E-state index contributed by atoms with van der Waals surface area (Å²) in [7, 11) is 0. The van der Waals surface area contributed by atoms with Crippen molar-refractivity contribution in [1.82, 2.24) is 24.6 Å². The summed E-state index contributed by atoms with van der Waals surface area (Å²) in [6, 6.07) is 3.97. The van der Waals surface area contributed by atoms with Crippen molar-refractivity contribution in [2.45, 2.75) is 58.1 Å². The first kappa shape index (κ1) is 23.0. The van der Waals surface area contributed by atoms with E-state index >= 15 is 0 Å². The minimum atomic E-state index is -0.690. The zero-order valence-corrected chi connectivity index (χ0v) is 18.8. The zero-order chi connectivity index (χ0) is 23.5. The van der Waals surface area contributed by atoms with Gasteiger partial charge in [-0.3, -0.25) is 9.48 Å². The van der Waals surface area contributed by atoms with Crippen LogP contribution in [0.1, 0.15) is 56.1 Å². The number of rotatable bonds is 5. The van der Waals surface area contributed by atoms with Gasteiger partial charge in [-0.1, -0.05) is 0 Å². The van der Waals surface area contributed by atoms with Crippen LogP contribution in [0, 0.1) is 18.3 Å². The van der Waals surface area contributed by atoms with Gasteiger partial charge in [-0.05, 0) is 46.6 Å². The third-order valence-corrected chi connectivity index (χ3v) is 5.24. The Bertz CT molecular complexity index is 1040. The number of aryl methyl sites for hydroxylation is 1. The van der Waals surface area contributed by atoms with Crippen LogP contribution in [0.2, 0.25) is 0 Å². The number of likely N-dealkylation sites (tertiary alicyclic amines) is 1. The van der Waals surface area contributed by atoms with E-state index in [9.17, 15) is 14.9 Å². The summed E-state index contributed by atoms with van der Waals surface area (Å²) < 4.78 is 7.07. The molecule has 1 aliphatic rings. The summed E-state index contributed by atoms with van der Waals surface area (Å²) >= 11 is 0. The van der Waals surface area contributed by atoms with Crippen molar-refractivity contribution < 1.29 is 14.3 Å². The van der Waals surface area contributed by atoms with Gasteiger partial charge in [-0.15, -0.1) is 0 Å². The van der Waals surface area contributed by atoms with Gasteiger partial charge in [0.25, 0.3) is 5.91 Å². The predicted octanol–water partition coefficient (Wildman–Crippen LogP) is 2.46. The average molecular weight is 441 g/mol. The minimum Gasteiger partial charge on any atom is -0.444 e. The number of ether oxygens (including phenoxy) is 1. The fourth-order valence-corrected chi connectivity index (χ4v) is 3.57. The zero-order valence-electron chi connectivity index (χ0n) is 18.8. The Balaban J connectivity index is 1.86. The summed E-state index contributed by atoms with van der Waals surface area (Å²) in [5, 5.41) is 17.0. The molecule has 0 spiro atoms. The molecule has 2 amide bonds. The number of nitriles is 1. The lowest BCUT2D eigenvalue weighted by Gasteiger charge is -2.40. The predicted molar refractivity (Wildman–Crippen MR) is 116 cm³/mol. The van der Waals surface area contributed by atoms with Crippen LogP contribution in [-0.4, -0.2) is 55.3 Å². The maximum atomic E-state index is 12.4. The number of primary amides is 1. The lowest BCUT2D eigenvalue weighted by molar-refractivity contribution is 0.0105. The SMILES string of the molecule is Cc1ccnc(Nc2nn(C3(CC#N)CCN(C(=O)OC(C)(C)C)CC3)cc2C(N)=O)n1. The second-order valence-electron chi connectivity index (χ2n) is 8.87. The number of anilines is 2. The second-order valence-corrected chi connectivity index (χ2v) is 8.87. The Morgan fingerprint density at radius 1 is 1.34 bits per heavy atom. The molecule has 3 N–H and O–H groups in total. The Morgan fingerprint density at radius 3 is 2.59 bits per heavy atom. The molecule has 0 atom stereocenters. The molecule has 32 heavy (non-hydrogen) atoms. The molecule has 1 fully saturated rings. The summed E-state index contributed by atoms with van der Waals surface area (Å²) in [6.45, 7) is 8.06. The third-order valence-electron chi connectivity index (χ3n) is 5.24. The molecule has 0 bridgehead atoms. The molecule has 11 nitrogen and oxygen atoms in total. The molecule has 0 saturated carbocycles. The van der Waals surface area contributed by atoms with E-state index in [1.807, 2.05) is 27.7 Å². The highest BCUT2D eigenvalue weighted by Crippen LogP contribution is 2.35. The van der Waals surface area contributed by atoms with Gasteiger partial charge < -0.3 is 20.7 Å². The summed E-state index contributed by atoms with van der Waals surface area (Å²) in [5.74, 6) is -0.161. The van der Waals surface area contributed by atoms with Crippen LogP contribution in [0.25, 0.3) is 0 Å². The highest BCUT2D eigenvalue weighted by molar-refractivity contribution is 5.97. The molecule has 0 radical (unpaired) electrons. The van der Waals surface area contributed by atoms with Crippen molar-refractivity contribution in [3.05, 3.63) is 29.7 Å². The minimum absolute atomic E-state index is 0.162. The number of carbonyl (C=O) groups excluding carboxylic acids is 2. The molecule has 2 aromatic heterocycles. The average Bonchev–Trinajstić information content (AvgIpc) is 3.12. The van der Waals surface area contributed by atoms with Crippen LogP contribution in [0.3, 0.4) is 0 Å². The van der Waals surface area contributed by atoms with Crippen LogP contribution in [0.15, 0.2) is 18.5 Å². The third kappa shape index (κ3) is 5.14. The summed E-state index contributed by atoms with van der Waals surface area (Å²) in [6.07, 6.45) is 3.85. The standard InChI is InChI=1S/C21H28N8O3/c1-14-5-10-24-18(25-14)26-17-15(16(23)30)13-29(27-17)21(6-9-22)7-11-28(12-8-21)19(31)32-20(2,3)4/h5,10,13H,6-8,11-12H2,1-4H3,(H2,23,30)(H,24,25,26,27). The summed E-state index contributed by atoms with van der Waals surface area (Å²) in [5.41, 5.74) is 5.21. The number of nitrogens with two attached hydrogens (primary N) is 1. The molecule has 0 aliphatic carbocycles. The maximum Gasteiger partial charge on any atom is 0.410 e. The number of amides is 2. The fraction of sp³-hybridized carbons (Fsp3) is 0.524. The number of piperidine rings is 1. The number of aromatic nitrogens is 4. The quantitative estimate of drug-likeness (QED) is 0.719. The van der Waals surface area contributed by atoms with Crippen molar-refractivity contribution in [3.8, 4) is 6.07 Å². The van der Waals surface area contributed by atoms with E-state index in [0.717, 1.165) is 5.69 Å². The number of nitrogens with zero attached hydrogens (tertiary/aromatic N) is 6. The lowest BCUT2D eigenvalue weighted by Crippen LogP contribution is -2.49. The molecule has 0 unspecified atom stereocenters. The first-order chi connectivity index (χ1) is 15.0. The van der Waals surface area contributed by atoms with Gasteiger partial charge >= 0.3 is 6.09 Å². The van der Waals surface area contributed by atoms with Gasteiger partial charge in [-0.25, -0.2) is 14.8 Å². The van der Waals surface area contributed by atoms with E-state index in [4.69, 9.17) is 10.5 Å². The van der Waals surface area contributed by atoms with E-state index in [2.05, 4.69) is 26.5 Å². The van der Waals surface area contributed by atoms with Gasteiger partial charge in [0.2, 0.25) is 5.95 Å². The highest BCUT2D eigenvalue weighted by atomic mass is 16.6. The van der Waals surface area contributed by atoms with E-state index < -0.39 is 17.0 Å². The first-order valence-electron chi connectivity index (χ1n) is 10.3. The van der Waals surface area contributed by atoms with Gasteiger partial charge in [0.05, 0.1) is 18.0 Å². The van der Waals surface area contributed by atoms with Crippen molar-refractivity contribution in [3.63, 3.8) is 0 Å². The van der Waals surface area contributed by atoms with Crippen LogP contribution in [0.5, 0.6) is 0 Å². The van der Waals surface area contributed by atoms with Crippen LogP contribution < -0.4 is 11.1 Å². The van der Waals surface area contributed by atoms with Crippen molar-refractivity contribution in [2.24, 2.45) is 5.73 Å². The van der Waals surface area contributed by atoms with Crippen LogP contribution >= 0.6 is 0 Å². The van der Waals surface area contributed by atoms with Gasteiger partial charge in [0.1, 0.15) is 11.2 Å². The Kier molecular flexibility index (Phi) is 6.34. The lowest BCUT2D eigenvalue weighted by atomic mass is 9.85. The fourth-order valence-electron chi connectivity index (χ4n) is 3.57. The molecule has 1 saturated heterocycles. The molecule has 1 aliphatic heterocycles. The monoisotopic (exact) mass is 440 g/mol. The smallest absolute Gasteiger partial charge is 0.410 e. The molecule has 0 aromatic carbocycles. The Hall–Kier alpha value is -3.68. The molecule has 2 aromatic rings.